The number of benzene rings is 5. The van der Waals surface area contributed by atoms with Gasteiger partial charge in [-0.2, -0.15) is 13.2 Å². The van der Waals surface area contributed by atoms with Crippen LogP contribution < -0.4 is 4.90 Å². The number of epoxide rings is 2. The Morgan fingerprint density at radius 2 is 1.11 bits per heavy atom. The fourth-order valence-electron chi connectivity index (χ4n) is 8.60. The lowest BCUT2D eigenvalue weighted by molar-refractivity contribution is -0.137. The van der Waals surface area contributed by atoms with Gasteiger partial charge >= 0.3 is 6.18 Å². The van der Waals surface area contributed by atoms with Crippen LogP contribution >= 0.6 is 0 Å². The van der Waals surface area contributed by atoms with Gasteiger partial charge in [0.15, 0.2) is 0 Å². The van der Waals surface area contributed by atoms with Crippen molar-refractivity contribution in [3.05, 3.63) is 137 Å². The molecule has 2 atom stereocenters. The molecule has 2 aliphatic carbocycles. The molecule has 0 amide bonds. The minimum Gasteiger partial charge on any atom is -0.379 e. The Bertz CT molecular complexity index is 2150. The number of halogens is 3. The van der Waals surface area contributed by atoms with Crippen molar-refractivity contribution in [2.75, 3.05) is 44.5 Å². The second-order valence-corrected chi connectivity index (χ2v) is 15.2. The second-order valence-electron chi connectivity index (χ2n) is 15.2. The van der Waals surface area contributed by atoms with E-state index < -0.39 is 17.2 Å². The fourth-order valence-corrected chi connectivity index (χ4v) is 8.60. The minimum atomic E-state index is -4.49. The van der Waals surface area contributed by atoms with E-state index in [9.17, 15) is 13.2 Å². The van der Waals surface area contributed by atoms with Crippen molar-refractivity contribution in [2.45, 2.75) is 55.9 Å². The first-order valence-corrected chi connectivity index (χ1v) is 18.5. The van der Waals surface area contributed by atoms with Crippen molar-refractivity contribution in [3.8, 4) is 22.3 Å². The molecule has 4 aliphatic rings. The van der Waals surface area contributed by atoms with E-state index in [-0.39, 0.29) is 17.6 Å². The van der Waals surface area contributed by atoms with Crippen molar-refractivity contribution >= 4 is 17.1 Å². The van der Waals surface area contributed by atoms with Crippen molar-refractivity contribution in [1.82, 2.24) is 0 Å². The average molecular weight is 718 g/mol. The first-order valence-electron chi connectivity index (χ1n) is 18.5. The van der Waals surface area contributed by atoms with Gasteiger partial charge in [-0.3, -0.25) is 0 Å². The molecule has 0 bridgehead atoms. The molecule has 0 spiro atoms. The standard InChI is InChI=1S/C45H42F3NO4/c1-43(2)39-12-5-3-10-35(39)37-16-14-31(23-41(37)43)49(30-9-7-8-29(22-30)45(46,47)48)32-15-17-38-36-11-4-6-13-40(36)44(42(38)24-32,18-20-50-25-33-27-52-33)19-21-51-26-34-28-53-34/h3-17,22-24,33-34H,18-21,25-28H2,1-2H3. The molecule has 2 aliphatic heterocycles. The normalized spacial score (nSPS) is 21.5. The predicted molar refractivity (Wildman–Crippen MR) is 200 cm³/mol. The Morgan fingerprint density at radius 3 is 1.72 bits per heavy atom. The van der Waals surface area contributed by atoms with Crippen molar-refractivity contribution < 1.29 is 32.1 Å². The van der Waals surface area contributed by atoms with E-state index in [2.05, 4.69) is 86.6 Å². The summed E-state index contributed by atoms with van der Waals surface area (Å²) in [5.74, 6) is 0. The molecule has 8 heteroatoms. The quantitative estimate of drug-likeness (QED) is 0.0897. The SMILES string of the molecule is CC1(C)c2ccccc2-c2ccc(N(c3cccc(C(F)(F)F)c3)c3ccc4c(c3)C(CCOCC3CO3)(CCOCC3CO3)c3ccccc3-4)cc21. The van der Waals surface area contributed by atoms with E-state index in [1.165, 1.54) is 28.8 Å². The van der Waals surface area contributed by atoms with Crippen LogP contribution in [0.25, 0.3) is 22.3 Å². The van der Waals surface area contributed by atoms with Crippen LogP contribution in [0.5, 0.6) is 0 Å². The third-order valence-corrected chi connectivity index (χ3v) is 11.5. The summed E-state index contributed by atoms with van der Waals surface area (Å²) in [6.07, 6.45) is -2.74. The Kier molecular flexibility index (Phi) is 8.50. The molecule has 2 unspecified atom stereocenters. The molecule has 9 rings (SSSR count). The number of hydrogen-bond acceptors (Lipinski definition) is 5. The molecule has 5 nitrogen and oxygen atoms in total. The van der Waals surface area contributed by atoms with Gasteiger partial charge in [-0.15, -0.1) is 0 Å². The van der Waals surface area contributed by atoms with Crippen LogP contribution in [0.4, 0.5) is 30.2 Å². The molecule has 0 radical (unpaired) electrons. The molecule has 5 aromatic rings. The second kappa shape index (κ2) is 13.1. The minimum absolute atomic E-state index is 0.161. The monoisotopic (exact) mass is 717 g/mol. The summed E-state index contributed by atoms with van der Waals surface area (Å²) in [4.78, 5) is 1.98. The molecule has 53 heavy (non-hydrogen) atoms. The molecule has 0 saturated carbocycles. The summed E-state index contributed by atoms with van der Waals surface area (Å²) in [5.41, 5.74) is 9.94. The molecule has 2 fully saturated rings. The zero-order valence-corrected chi connectivity index (χ0v) is 29.9. The van der Waals surface area contributed by atoms with E-state index >= 15 is 0 Å². The summed E-state index contributed by atoms with van der Waals surface area (Å²) in [6.45, 7) is 8.06. The zero-order valence-electron chi connectivity index (χ0n) is 29.9. The highest BCUT2D eigenvalue weighted by Gasteiger charge is 2.44. The predicted octanol–water partition coefficient (Wildman–Crippen LogP) is 10.4. The number of nitrogens with zero attached hydrogens (tertiary/aromatic N) is 1. The van der Waals surface area contributed by atoms with Gasteiger partial charge in [-0.1, -0.05) is 80.6 Å². The van der Waals surface area contributed by atoms with Crippen molar-refractivity contribution in [2.24, 2.45) is 0 Å². The Balaban J connectivity index is 1.18. The van der Waals surface area contributed by atoms with Crippen LogP contribution in [0, 0.1) is 0 Å². The smallest absolute Gasteiger partial charge is 0.379 e. The number of ether oxygens (including phenoxy) is 4. The van der Waals surface area contributed by atoms with Crippen LogP contribution in [0.2, 0.25) is 0 Å². The van der Waals surface area contributed by atoms with Crippen LogP contribution in [0.15, 0.2) is 109 Å². The van der Waals surface area contributed by atoms with Gasteiger partial charge in [0.1, 0.15) is 12.2 Å². The van der Waals surface area contributed by atoms with Gasteiger partial charge in [-0.25, -0.2) is 0 Å². The average Bonchev–Trinajstić information content (AvgIpc) is 4.11. The lowest BCUT2D eigenvalue weighted by Crippen LogP contribution is -2.30. The van der Waals surface area contributed by atoms with Gasteiger partial charge in [0.25, 0.3) is 0 Å². The maximum atomic E-state index is 14.2. The summed E-state index contributed by atoms with van der Waals surface area (Å²) < 4.78 is 65.9. The highest BCUT2D eigenvalue weighted by atomic mass is 19.4. The molecule has 2 heterocycles. The van der Waals surface area contributed by atoms with Crippen LogP contribution in [0.1, 0.15) is 54.5 Å². The van der Waals surface area contributed by atoms with E-state index in [1.807, 2.05) is 17.0 Å². The van der Waals surface area contributed by atoms with Gasteiger partial charge in [0.05, 0.1) is 32.0 Å². The van der Waals surface area contributed by atoms with Crippen LogP contribution in [-0.4, -0.2) is 51.8 Å². The van der Waals surface area contributed by atoms with E-state index in [0.29, 0.717) is 45.0 Å². The summed E-state index contributed by atoms with van der Waals surface area (Å²) in [5, 5.41) is 0. The van der Waals surface area contributed by atoms with Gasteiger partial charge < -0.3 is 23.8 Å². The number of alkyl halides is 3. The molecular weight excluding hydrogens is 675 g/mol. The summed E-state index contributed by atoms with van der Waals surface area (Å²) in [6, 6.07) is 35.3. The molecule has 5 aromatic carbocycles. The maximum Gasteiger partial charge on any atom is 0.416 e. The highest BCUT2D eigenvalue weighted by Crippen LogP contribution is 2.55. The third-order valence-electron chi connectivity index (χ3n) is 11.5. The Morgan fingerprint density at radius 1 is 0.604 bits per heavy atom. The number of hydrogen-bond donors (Lipinski definition) is 0. The first-order chi connectivity index (χ1) is 25.6. The number of anilines is 3. The first kappa shape index (κ1) is 34.3. The fraction of sp³-hybridized carbons (Fsp3) is 0.333. The van der Waals surface area contributed by atoms with Crippen molar-refractivity contribution in [1.29, 1.82) is 0 Å². The third kappa shape index (κ3) is 6.25. The van der Waals surface area contributed by atoms with E-state index in [0.717, 1.165) is 58.5 Å². The Hall–Kier alpha value is -4.47. The molecule has 0 N–H and O–H groups in total. The topological polar surface area (TPSA) is 46.8 Å². The molecule has 2 saturated heterocycles. The van der Waals surface area contributed by atoms with Gasteiger partial charge in [-0.05, 0) is 99.8 Å². The lowest BCUT2D eigenvalue weighted by Gasteiger charge is -2.34. The van der Waals surface area contributed by atoms with Crippen LogP contribution in [-0.2, 0) is 36.0 Å². The largest absolute Gasteiger partial charge is 0.416 e. The number of fused-ring (bicyclic) bond motifs is 6. The van der Waals surface area contributed by atoms with Gasteiger partial charge in [0, 0.05) is 41.1 Å². The van der Waals surface area contributed by atoms with Crippen molar-refractivity contribution in [3.63, 3.8) is 0 Å². The molecular formula is C45H42F3NO4. The van der Waals surface area contributed by atoms with Gasteiger partial charge in [0.2, 0.25) is 0 Å². The summed E-state index contributed by atoms with van der Waals surface area (Å²) in [7, 11) is 0. The maximum absolute atomic E-state index is 14.2. The lowest BCUT2D eigenvalue weighted by atomic mass is 9.73. The number of rotatable bonds is 13. The van der Waals surface area contributed by atoms with Crippen LogP contribution in [0.3, 0.4) is 0 Å². The van der Waals surface area contributed by atoms with E-state index in [4.69, 9.17) is 18.9 Å². The van der Waals surface area contributed by atoms with E-state index in [1.54, 1.807) is 6.07 Å². The summed E-state index contributed by atoms with van der Waals surface area (Å²) >= 11 is 0. The highest BCUT2D eigenvalue weighted by molar-refractivity contribution is 5.88. The Labute approximate surface area is 308 Å². The zero-order chi connectivity index (χ0) is 36.4. The molecule has 0 aromatic heterocycles. The molecule has 272 valence electrons.